The number of anilines is 1. The molecule has 2 aromatic carbocycles. The molecule has 0 spiro atoms. The van der Waals surface area contributed by atoms with Crippen LogP contribution in [0.4, 0.5) is 11.4 Å². The largest absolute Gasteiger partial charge is 0.363 e. The third-order valence-corrected chi connectivity index (χ3v) is 4.72. The quantitative estimate of drug-likeness (QED) is 0.616. The Hall–Kier alpha value is -2.06. The van der Waals surface area contributed by atoms with Crippen LogP contribution in [-0.2, 0) is 0 Å². The predicted molar refractivity (Wildman–Crippen MR) is 106 cm³/mol. The summed E-state index contributed by atoms with van der Waals surface area (Å²) in [6.07, 6.45) is 4.24. The van der Waals surface area contributed by atoms with E-state index in [0.29, 0.717) is 5.02 Å². The molecule has 0 saturated carbocycles. The molecule has 24 heavy (non-hydrogen) atoms. The second-order valence-corrected chi connectivity index (χ2v) is 7.18. The third-order valence-electron chi connectivity index (χ3n) is 4.49. The lowest BCUT2D eigenvalue weighted by Gasteiger charge is -2.42. The zero-order valence-electron chi connectivity index (χ0n) is 14.7. The maximum atomic E-state index is 6.01. The maximum absolute atomic E-state index is 6.01. The molecule has 0 aromatic heterocycles. The average Bonchev–Trinajstić information content (AvgIpc) is 2.53. The highest BCUT2D eigenvalue weighted by Crippen LogP contribution is 2.38. The molecule has 2 nitrogen and oxygen atoms in total. The SMILES string of the molecule is CCN1c2ccc(C=Nc3cccc(Cl)c3)cc2C(C)=CC1(C)C. The minimum absolute atomic E-state index is 0.0439. The zero-order valence-corrected chi connectivity index (χ0v) is 15.4. The number of halogens is 1. The minimum atomic E-state index is 0.0439. The highest BCUT2D eigenvalue weighted by Gasteiger charge is 2.29. The van der Waals surface area contributed by atoms with E-state index >= 15 is 0 Å². The molecule has 3 heteroatoms. The fourth-order valence-electron chi connectivity index (χ4n) is 3.46. The van der Waals surface area contributed by atoms with Crippen molar-refractivity contribution >= 4 is 34.8 Å². The van der Waals surface area contributed by atoms with Crippen LogP contribution in [0.3, 0.4) is 0 Å². The van der Waals surface area contributed by atoms with Crippen LogP contribution in [0.15, 0.2) is 53.5 Å². The van der Waals surface area contributed by atoms with Gasteiger partial charge < -0.3 is 4.90 Å². The summed E-state index contributed by atoms with van der Waals surface area (Å²) in [5.74, 6) is 0. The molecule has 2 aromatic rings. The number of nitrogens with zero attached hydrogens (tertiary/aromatic N) is 2. The molecule has 0 saturated heterocycles. The topological polar surface area (TPSA) is 15.6 Å². The fourth-order valence-corrected chi connectivity index (χ4v) is 3.65. The molecule has 3 rings (SSSR count). The van der Waals surface area contributed by atoms with E-state index in [-0.39, 0.29) is 5.54 Å². The van der Waals surface area contributed by atoms with Gasteiger partial charge in [0.05, 0.1) is 11.2 Å². The number of hydrogen-bond acceptors (Lipinski definition) is 2. The van der Waals surface area contributed by atoms with Crippen molar-refractivity contribution in [2.45, 2.75) is 33.2 Å². The Morgan fingerprint density at radius 1 is 1.17 bits per heavy atom. The van der Waals surface area contributed by atoms with Crippen LogP contribution < -0.4 is 4.90 Å². The molecular formula is C21H23ClN2. The highest BCUT2D eigenvalue weighted by molar-refractivity contribution is 6.30. The predicted octanol–water partition coefficient (Wildman–Crippen LogP) is 6.11. The number of allylic oxidation sites excluding steroid dienone is 1. The van der Waals surface area contributed by atoms with Gasteiger partial charge in [0.2, 0.25) is 0 Å². The van der Waals surface area contributed by atoms with Crippen molar-refractivity contribution in [1.29, 1.82) is 0 Å². The zero-order chi connectivity index (χ0) is 17.3. The molecule has 1 heterocycles. The van der Waals surface area contributed by atoms with E-state index in [1.165, 1.54) is 16.8 Å². The molecule has 124 valence electrons. The summed E-state index contributed by atoms with van der Waals surface area (Å²) < 4.78 is 0. The first-order valence-corrected chi connectivity index (χ1v) is 8.69. The monoisotopic (exact) mass is 338 g/mol. The van der Waals surface area contributed by atoms with Crippen molar-refractivity contribution in [2.75, 3.05) is 11.4 Å². The molecular weight excluding hydrogens is 316 g/mol. The maximum Gasteiger partial charge on any atom is 0.0644 e. The summed E-state index contributed by atoms with van der Waals surface area (Å²) in [6.45, 7) is 9.90. The minimum Gasteiger partial charge on any atom is -0.363 e. The van der Waals surface area contributed by atoms with Crippen LogP contribution in [-0.4, -0.2) is 18.3 Å². The van der Waals surface area contributed by atoms with Gasteiger partial charge in [-0.3, -0.25) is 4.99 Å². The molecule has 0 N–H and O–H groups in total. The van der Waals surface area contributed by atoms with Crippen LogP contribution in [0.25, 0.3) is 5.57 Å². The summed E-state index contributed by atoms with van der Waals surface area (Å²) in [7, 11) is 0. The van der Waals surface area contributed by atoms with Gasteiger partial charge in [0.25, 0.3) is 0 Å². The lowest BCUT2D eigenvalue weighted by molar-refractivity contribution is 0.566. The molecule has 1 aliphatic heterocycles. The molecule has 0 atom stereocenters. The fraction of sp³-hybridized carbons (Fsp3) is 0.286. The van der Waals surface area contributed by atoms with E-state index in [9.17, 15) is 0 Å². The number of likely N-dealkylation sites (N-methyl/N-ethyl adjacent to an activating group) is 1. The van der Waals surface area contributed by atoms with Gasteiger partial charge in [-0.15, -0.1) is 0 Å². The summed E-state index contributed by atoms with van der Waals surface area (Å²) in [6, 6.07) is 14.1. The highest BCUT2D eigenvalue weighted by atomic mass is 35.5. The van der Waals surface area contributed by atoms with Gasteiger partial charge in [0.15, 0.2) is 0 Å². The van der Waals surface area contributed by atoms with Gasteiger partial charge in [0, 0.05) is 29.0 Å². The Kier molecular flexibility index (Phi) is 4.51. The van der Waals surface area contributed by atoms with Crippen molar-refractivity contribution < 1.29 is 0 Å². The van der Waals surface area contributed by atoms with Gasteiger partial charge in [-0.25, -0.2) is 0 Å². The smallest absolute Gasteiger partial charge is 0.0644 e. The second kappa shape index (κ2) is 6.45. The van der Waals surface area contributed by atoms with Gasteiger partial charge >= 0.3 is 0 Å². The first-order chi connectivity index (χ1) is 11.4. The number of hydrogen-bond donors (Lipinski definition) is 0. The standard InChI is InChI=1S/C21H23ClN2/c1-5-24-20-10-9-16(11-19(20)15(2)13-21(24,3)4)14-23-18-8-6-7-17(22)12-18/h6-14H,5H2,1-4H3. The second-order valence-electron chi connectivity index (χ2n) is 6.74. The van der Waals surface area contributed by atoms with Crippen LogP contribution in [0.2, 0.25) is 5.02 Å². The van der Waals surface area contributed by atoms with Crippen molar-refractivity contribution in [2.24, 2.45) is 4.99 Å². The molecule has 1 aliphatic rings. The molecule has 0 unspecified atom stereocenters. The Morgan fingerprint density at radius 3 is 2.67 bits per heavy atom. The molecule has 0 amide bonds. The lowest BCUT2D eigenvalue weighted by atomic mass is 9.88. The molecule has 0 radical (unpaired) electrons. The molecule has 0 fully saturated rings. The molecule has 0 aliphatic carbocycles. The Bertz CT molecular complexity index is 818. The van der Waals surface area contributed by atoms with Gasteiger partial charge in [-0.2, -0.15) is 0 Å². The van der Waals surface area contributed by atoms with Crippen molar-refractivity contribution in [3.8, 4) is 0 Å². The Balaban J connectivity index is 1.96. The number of benzene rings is 2. The van der Waals surface area contributed by atoms with E-state index in [4.69, 9.17) is 11.6 Å². The van der Waals surface area contributed by atoms with E-state index < -0.39 is 0 Å². The van der Waals surface area contributed by atoms with E-state index in [0.717, 1.165) is 17.8 Å². The van der Waals surface area contributed by atoms with E-state index in [1.807, 2.05) is 30.5 Å². The van der Waals surface area contributed by atoms with Crippen LogP contribution in [0.5, 0.6) is 0 Å². The van der Waals surface area contributed by atoms with Crippen LogP contribution in [0, 0.1) is 0 Å². The van der Waals surface area contributed by atoms with Crippen molar-refractivity contribution in [3.63, 3.8) is 0 Å². The normalized spacial score (nSPS) is 16.2. The third kappa shape index (κ3) is 3.25. The van der Waals surface area contributed by atoms with E-state index in [2.05, 4.69) is 61.9 Å². The summed E-state index contributed by atoms with van der Waals surface area (Å²) in [5, 5.41) is 0.703. The summed E-state index contributed by atoms with van der Waals surface area (Å²) >= 11 is 6.01. The van der Waals surface area contributed by atoms with Gasteiger partial charge in [-0.05, 0) is 69.2 Å². The Labute approximate surface area is 149 Å². The van der Waals surface area contributed by atoms with Crippen LogP contribution in [0.1, 0.15) is 38.8 Å². The molecule has 0 bridgehead atoms. The van der Waals surface area contributed by atoms with Gasteiger partial charge in [0.1, 0.15) is 0 Å². The average molecular weight is 339 g/mol. The first-order valence-electron chi connectivity index (χ1n) is 8.32. The lowest BCUT2D eigenvalue weighted by Crippen LogP contribution is -2.44. The summed E-state index contributed by atoms with van der Waals surface area (Å²) in [5.41, 5.74) is 5.90. The van der Waals surface area contributed by atoms with Gasteiger partial charge in [-0.1, -0.05) is 29.8 Å². The first kappa shape index (κ1) is 16.8. The Morgan fingerprint density at radius 2 is 1.96 bits per heavy atom. The summed E-state index contributed by atoms with van der Waals surface area (Å²) in [4.78, 5) is 6.97. The van der Waals surface area contributed by atoms with Crippen molar-refractivity contribution in [1.82, 2.24) is 0 Å². The number of aliphatic imine (C=N–C) groups is 1. The van der Waals surface area contributed by atoms with Crippen molar-refractivity contribution in [3.05, 3.63) is 64.7 Å². The van der Waals surface area contributed by atoms with E-state index in [1.54, 1.807) is 0 Å². The van der Waals surface area contributed by atoms with Crippen LogP contribution >= 0.6 is 11.6 Å². The number of rotatable bonds is 3. The number of fused-ring (bicyclic) bond motifs is 1.